The first-order valence-electron chi connectivity index (χ1n) is 6.06. The van der Waals surface area contributed by atoms with Crippen molar-refractivity contribution in [1.82, 2.24) is 0 Å². The van der Waals surface area contributed by atoms with E-state index < -0.39 is 5.82 Å². The van der Waals surface area contributed by atoms with Gasteiger partial charge < -0.3 is 10.1 Å². The van der Waals surface area contributed by atoms with Gasteiger partial charge in [0.25, 0.3) is 0 Å². The van der Waals surface area contributed by atoms with Crippen molar-refractivity contribution < 1.29 is 9.13 Å². The second kappa shape index (κ2) is 6.46. The van der Waals surface area contributed by atoms with Gasteiger partial charge in [0.05, 0.1) is 17.8 Å². The molecule has 0 aliphatic heterocycles. The zero-order valence-electron chi connectivity index (χ0n) is 11.1. The summed E-state index contributed by atoms with van der Waals surface area (Å²) in [4.78, 5) is 0. The Bertz CT molecular complexity index is 621. The summed E-state index contributed by atoms with van der Waals surface area (Å²) in [5.41, 5.74) is 1.76. The van der Waals surface area contributed by atoms with E-state index in [1.165, 1.54) is 6.07 Å². The monoisotopic (exact) mass is 357 g/mol. The zero-order valence-corrected chi connectivity index (χ0v) is 13.4. The van der Waals surface area contributed by atoms with Crippen molar-refractivity contribution in [3.05, 3.63) is 57.3 Å². The summed E-state index contributed by atoms with van der Waals surface area (Å²) in [6.07, 6.45) is 0. The van der Waals surface area contributed by atoms with Gasteiger partial charge in [-0.05, 0) is 42.8 Å². The molecule has 106 valence electrons. The Hall–Kier alpha value is -1.26. The number of halogens is 3. The van der Waals surface area contributed by atoms with Crippen LogP contribution in [0.4, 0.5) is 10.1 Å². The Balaban J connectivity index is 2.24. The Kier molecular flexibility index (Phi) is 4.89. The van der Waals surface area contributed by atoms with E-state index in [1.54, 1.807) is 19.2 Å². The standard InChI is InChI=1S/C15H14BrClFNO/c1-9(10-3-5-13(18)12(17)7-10)19-14-8-11(16)4-6-15(14)20-2/h3-9,19H,1-2H3. The number of benzene rings is 2. The third-order valence-corrected chi connectivity index (χ3v) is 3.76. The van der Waals surface area contributed by atoms with E-state index in [1.807, 2.05) is 25.1 Å². The number of anilines is 1. The molecule has 0 fully saturated rings. The summed E-state index contributed by atoms with van der Waals surface area (Å²) in [5.74, 6) is 0.330. The fraction of sp³-hybridized carbons (Fsp3) is 0.200. The molecule has 0 spiro atoms. The lowest BCUT2D eigenvalue weighted by Gasteiger charge is -2.18. The SMILES string of the molecule is COc1ccc(Br)cc1NC(C)c1ccc(F)c(Cl)c1. The largest absolute Gasteiger partial charge is 0.495 e. The van der Waals surface area contributed by atoms with Gasteiger partial charge in [0, 0.05) is 10.5 Å². The highest BCUT2D eigenvalue weighted by atomic mass is 79.9. The molecule has 2 aromatic carbocycles. The molecular formula is C15H14BrClFNO. The van der Waals surface area contributed by atoms with Crippen molar-refractivity contribution in [1.29, 1.82) is 0 Å². The lowest BCUT2D eigenvalue weighted by Crippen LogP contribution is -2.08. The van der Waals surface area contributed by atoms with E-state index in [2.05, 4.69) is 21.2 Å². The Morgan fingerprint density at radius 2 is 2.00 bits per heavy atom. The predicted octanol–water partition coefficient (Wildman–Crippen LogP) is 5.42. The summed E-state index contributed by atoms with van der Waals surface area (Å²) < 4.78 is 19.4. The zero-order chi connectivity index (χ0) is 14.7. The maximum Gasteiger partial charge on any atom is 0.142 e. The molecule has 0 amide bonds. The Morgan fingerprint density at radius 1 is 1.25 bits per heavy atom. The molecule has 1 N–H and O–H groups in total. The first-order chi connectivity index (χ1) is 9.51. The summed E-state index contributed by atoms with van der Waals surface area (Å²) in [7, 11) is 1.62. The number of hydrogen-bond donors (Lipinski definition) is 1. The topological polar surface area (TPSA) is 21.3 Å². The van der Waals surface area contributed by atoms with Gasteiger partial charge in [-0.15, -0.1) is 0 Å². The van der Waals surface area contributed by atoms with Gasteiger partial charge in [-0.25, -0.2) is 4.39 Å². The predicted molar refractivity (Wildman–Crippen MR) is 84.1 cm³/mol. The van der Waals surface area contributed by atoms with Gasteiger partial charge in [-0.1, -0.05) is 33.6 Å². The first-order valence-corrected chi connectivity index (χ1v) is 7.23. The van der Waals surface area contributed by atoms with Crippen LogP contribution in [-0.4, -0.2) is 7.11 Å². The highest BCUT2D eigenvalue weighted by Gasteiger charge is 2.11. The van der Waals surface area contributed by atoms with Crippen LogP contribution >= 0.6 is 27.5 Å². The van der Waals surface area contributed by atoms with Crippen LogP contribution in [0.3, 0.4) is 0 Å². The van der Waals surface area contributed by atoms with E-state index in [4.69, 9.17) is 16.3 Å². The van der Waals surface area contributed by atoms with Crippen molar-refractivity contribution in [3.8, 4) is 5.75 Å². The minimum atomic E-state index is -0.414. The molecule has 2 rings (SSSR count). The minimum Gasteiger partial charge on any atom is -0.495 e. The quantitative estimate of drug-likeness (QED) is 0.787. The van der Waals surface area contributed by atoms with Gasteiger partial charge >= 0.3 is 0 Å². The van der Waals surface area contributed by atoms with Gasteiger partial charge in [0.1, 0.15) is 11.6 Å². The van der Waals surface area contributed by atoms with E-state index in [0.29, 0.717) is 0 Å². The van der Waals surface area contributed by atoms with Crippen LogP contribution in [0.1, 0.15) is 18.5 Å². The van der Waals surface area contributed by atoms with Crippen molar-refractivity contribution >= 4 is 33.2 Å². The average molecular weight is 359 g/mol. The molecule has 1 unspecified atom stereocenters. The van der Waals surface area contributed by atoms with Crippen molar-refractivity contribution in [3.63, 3.8) is 0 Å². The van der Waals surface area contributed by atoms with Crippen LogP contribution in [-0.2, 0) is 0 Å². The second-order valence-corrected chi connectivity index (χ2v) is 5.71. The number of methoxy groups -OCH3 is 1. The van der Waals surface area contributed by atoms with Gasteiger partial charge in [0.2, 0.25) is 0 Å². The number of hydrogen-bond acceptors (Lipinski definition) is 2. The third-order valence-electron chi connectivity index (χ3n) is 2.98. The van der Waals surface area contributed by atoms with Crippen LogP contribution < -0.4 is 10.1 Å². The fourth-order valence-electron chi connectivity index (χ4n) is 1.89. The number of rotatable bonds is 4. The molecule has 2 nitrogen and oxygen atoms in total. The van der Waals surface area contributed by atoms with E-state index in [-0.39, 0.29) is 11.1 Å². The van der Waals surface area contributed by atoms with Crippen LogP contribution in [0.25, 0.3) is 0 Å². The number of ether oxygens (including phenoxy) is 1. The molecule has 5 heteroatoms. The highest BCUT2D eigenvalue weighted by molar-refractivity contribution is 9.10. The smallest absolute Gasteiger partial charge is 0.142 e. The summed E-state index contributed by atoms with van der Waals surface area (Å²) in [6, 6.07) is 10.4. The summed E-state index contributed by atoms with van der Waals surface area (Å²) >= 11 is 9.24. The molecule has 0 aliphatic rings. The van der Waals surface area contributed by atoms with Gasteiger partial charge in [0.15, 0.2) is 0 Å². The molecule has 0 bridgehead atoms. The van der Waals surface area contributed by atoms with Crippen LogP contribution in [0.15, 0.2) is 40.9 Å². The molecule has 1 atom stereocenters. The minimum absolute atomic E-state index is 0.0312. The third kappa shape index (κ3) is 3.44. The van der Waals surface area contributed by atoms with E-state index in [0.717, 1.165) is 21.5 Å². The lowest BCUT2D eigenvalue weighted by molar-refractivity contribution is 0.416. The summed E-state index contributed by atoms with van der Waals surface area (Å²) in [6.45, 7) is 1.98. The van der Waals surface area contributed by atoms with Gasteiger partial charge in [-0.2, -0.15) is 0 Å². The molecule has 0 radical (unpaired) electrons. The molecule has 0 saturated heterocycles. The van der Waals surface area contributed by atoms with Crippen molar-refractivity contribution in [2.24, 2.45) is 0 Å². The molecule has 0 aromatic heterocycles. The number of nitrogens with one attached hydrogen (secondary N) is 1. The Morgan fingerprint density at radius 3 is 2.65 bits per heavy atom. The van der Waals surface area contributed by atoms with Crippen LogP contribution in [0.5, 0.6) is 5.75 Å². The Labute approximate surface area is 131 Å². The molecule has 0 aliphatic carbocycles. The van der Waals surface area contributed by atoms with E-state index in [9.17, 15) is 4.39 Å². The average Bonchev–Trinajstić information content (AvgIpc) is 2.42. The molecule has 2 aromatic rings. The molecule has 20 heavy (non-hydrogen) atoms. The second-order valence-electron chi connectivity index (χ2n) is 4.38. The molecule has 0 saturated carbocycles. The van der Waals surface area contributed by atoms with Crippen molar-refractivity contribution in [2.45, 2.75) is 13.0 Å². The fourth-order valence-corrected chi connectivity index (χ4v) is 2.44. The summed E-state index contributed by atoms with van der Waals surface area (Å²) in [5, 5.41) is 3.45. The lowest BCUT2D eigenvalue weighted by atomic mass is 10.1. The highest BCUT2D eigenvalue weighted by Crippen LogP contribution is 2.31. The molecule has 0 heterocycles. The van der Waals surface area contributed by atoms with Gasteiger partial charge in [-0.3, -0.25) is 0 Å². The van der Waals surface area contributed by atoms with Crippen LogP contribution in [0.2, 0.25) is 5.02 Å². The maximum atomic E-state index is 13.2. The first kappa shape index (κ1) is 15.1. The maximum absolute atomic E-state index is 13.2. The normalized spacial score (nSPS) is 12.1. The van der Waals surface area contributed by atoms with Crippen LogP contribution in [0, 0.1) is 5.82 Å². The van der Waals surface area contributed by atoms with Crippen molar-refractivity contribution in [2.75, 3.05) is 12.4 Å². The molecular weight excluding hydrogens is 345 g/mol. The van der Waals surface area contributed by atoms with E-state index >= 15 is 0 Å².